The SMILES string of the molecule is c1ccc(-c2cc(-c3ccccc3)cc(-c3ccc(N(c4ccc(-c5ccc(-c6ccc7ccccc7c6)cc5)cc4)c4ccccc4-c4ccccc4-c4ccccc4-c4ccccc4)cc3)c2)cc1. The number of nitrogens with zero attached hydrogens (tertiary/aromatic N) is 1. The fraction of sp³-hybridized carbons (Fsp3) is 0. The van der Waals surface area contributed by atoms with Gasteiger partial charge in [-0.15, -0.1) is 0 Å². The van der Waals surface area contributed by atoms with Gasteiger partial charge in [-0.3, -0.25) is 0 Å². The molecule has 0 radical (unpaired) electrons. The summed E-state index contributed by atoms with van der Waals surface area (Å²) in [5.74, 6) is 0. The van der Waals surface area contributed by atoms with Gasteiger partial charge in [0.05, 0.1) is 5.69 Å². The third-order valence-electron chi connectivity index (χ3n) is 13.7. The van der Waals surface area contributed by atoms with Crippen LogP contribution in [0.5, 0.6) is 0 Å². The molecule has 0 aliphatic heterocycles. The van der Waals surface area contributed by atoms with Gasteiger partial charge in [0.15, 0.2) is 0 Å². The van der Waals surface area contributed by atoms with Crippen LogP contribution in [0.15, 0.2) is 297 Å². The highest BCUT2D eigenvalue weighted by Crippen LogP contribution is 2.46. The molecule has 0 fully saturated rings. The first-order valence-electron chi connectivity index (χ1n) is 24.4. The molecule has 334 valence electrons. The van der Waals surface area contributed by atoms with Crippen LogP contribution in [0.4, 0.5) is 17.1 Å². The van der Waals surface area contributed by atoms with Crippen molar-refractivity contribution in [3.05, 3.63) is 297 Å². The number of para-hydroxylation sites is 1. The van der Waals surface area contributed by atoms with Gasteiger partial charge < -0.3 is 4.90 Å². The summed E-state index contributed by atoms with van der Waals surface area (Å²) in [6.07, 6.45) is 0. The Morgan fingerprint density at radius 3 is 1.01 bits per heavy atom. The Kier molecular flexibility index (Phi) is 11.7. The Morgan fingerprint density at radius 1 is 0.169 bits per heavy atom. The van der Waals surface area contributed by atoms with Gasteiger partial charge in [-0.25, -0.2) is 0 Å². The highest BCUT2D eigenvalue weighted by atomic mass is 15.1. The number of fused-ring (bicyclic) bond motifs is 1. The van der Waals surface area contributed by atoms with Crippen LogP contribution in [0.1, 0.15) is 0 Å². The fourth-order valence-corrected chi connectivity index (χ4v) is 10.1. The number of benzene rings is 12. The summed E-state index contributed by atoms with van der Waals surface area (Å²) in [6, 6.07) is 108. The molecule has 0 bridgehead atoms. The van der Waals surface area contributed by atoms with Gasteiger partial charge in [-0.2, -0.15) is 0 Å². The largest absolute Gasteiger partial charge is 0.310 e. The molecule has 0 N–H and O–H groups in total. The zero-order chi connectivity index (χ0) is 47.3. The number of rotatable bonds is 11. The van der Waals surface area contributed by atoms with E-state index in [1.165, 1.54) is 83.1 Å². The minimum Gasteiger partial charge on any atom is -0.310 e. The zero-order valence-electron chi connectivity index (χ0n) is 39.2. The minimum atomic E-state index is 1.07. The summed E-state index contributed by atoms with van der Waals surface area (Å²) in [5.41, 5.74) is 22.2. The summed E-state index contributed by atoms with van der Waals surface area (Å²) in [7, 11) is 0. The molecule has 0 heterocycles. The van der Waals surface area contributed by atoms with Crippen LogP contribution in [0, 0.1) is 0 Å². The maximum absolute atomic E-state index is 2.42. The van der Waals surface area contributed by atoms with E-state index < -0.39 is 0 Å². The Hall–Kier alpha value is -9.30. The molecule has 0 aliphatic rings. The lowest BCUT2D eigenvalue weighted by Crippen LogP contribution is -2.11. The molecule has 0 amide bonds. The van der Waals surface area contributed by atoms with E-state index in [-0.39, 0.29) is 0 Å². The van der Waals surface area contributed by atoms with E-state index in [0.717, 1.165) is 33.8 Å². The van der Waals surface area contributed by atoms with Gasteiger partial charge >= 0.3 is 0 Å². The topological polar surface area (TPSA) is 3.24 Å². The number of hydrogen-bond acceptors (Lipinski definition) is 1. The smallest absolute Gasteiger partial charge is 0.0540 e. The molecule has 0 saturated carbocycles. The monoisotopic (exact) mass is 903 g/mol. The molecule has 0 atom stereocenters. The molecule has 0 saturated heterocycles. The number of hydrogen-bond donors (Lipinski definition) is 0. The van der Waals surface area contributed by atoms with Crippen molar-refractivity contribution in [3.63, 3.8) is 0 Å². The predicted octanol–water partition coefficient (Wildman–Crippen LogP) is 19.6. The average Bonchev–Trinajstić information content (AvgIpc) is 3.46. The Balaban J connectivity index is 0.959. The van der Waals surface area contributed by atoms with Gasteiger partial charge in [-0.1, -0.05) is 243 Å². The molecule has 71 heavy (non-hydrogen) atoms. The van der Waals surface area contributed by atoms with Crippen molar-refractivity contribution >= 4 is 27.8 Å². The van der Waals surface area contributed by atoms with Gasteiger partial charge in [0, 0.05) is 16.9 Å². The average molecular weight is 904 g/mol. The second-order valence-electron chi connectivity index (χ2n) is 18.1. The van der Waals surface area contributed by atoms with Gasteiger partial charge in [-0.05, 0) is 149 Å². The summed E-state index contributed by atoms with van der Waals surface area (Å²) in [5, 5.41) is 2.50. The number of anilines is 3. The molecular weight excluding hydrogens is 855 g/mol. The maximum Gasteiger partial charge on any atom is 0.0540 e. The molecule has 0 aliphatic carbocycles. The molecule has 12 aromatic rings. The Bertz CT molecular complexity index is 3710. The predicted molar refractivity (Wildman–Crippen MR) is 302 cm³/mol. The minimum absolute atomic E-state index is 1.07. The summed E-state index contributed by atoms with van der Waals surface area (Å²) >= 11 is 0. The molecule has 0 aromatic heterocycles. The van der Waals surface area contributed by atoms with Gasteiger partial charge in [0.2, 0.25) is 0 Å². The van der Waals surface area contributed by atoms with E-state index in [1.807, 2.05) is 0 Å². The first kappa shape index (κ1) is 43.0. The lowest BCUT2D eigenvalue weighted by molar-refractivity contribution is 1.28. The maximum atomic E-state index is 2.42. The van der Waals surface area contributed by atoms with Gasteiger partial charge in [0.25, 0.3) is 0 Å². The molecule has 12 aromatic carbocycles. The first-order valence-corrected chi connectivity index (χ1v) is 24.4. The van der Waals surface area contributed by atoms with E-state index in [9.17, 15) is 0 Å². The standard InChI is InChI=1S/C70H49N/c1-4-18-50(19-5-1)60-47-61(51-20-6-2-7-21-51)49-62(48-60)56-40-44-64(45-41-56)71(63-42-38-54(39-43-63)53-32-34-55(35-33-53)59-37-36-52-22-10-11-25-58(52)46-59)70-31-17-16-30-69(70)68-29-15-14-28-67(68)66-27-13-12-26-65(66)57-23-8-3-9-24-57/h1-49H. The summed E-state index contributed by atoms with van der Waals surface area (Å²) in [6.45, 7) is 0. The zero-order valence-corrected chi connectivity index (χ0v) is 39.2. The highest BCUT2D eigenvalue weighted by Gasteiger charge is 2.21. The Labute approximate surface area is 416 Å². The third kappa shape index (κ3) is 8.85. The van der Waals surface area contributed by atoms with Gasteiger partial charge in [0.1, 0.15) is 0 Å². The lowest BCUT2D eigenvalue weighted by atomic mass is 9.88. The first-order chi connectivity index (χ1) is 35.2. The van der Waals surface area contributed by atoms with Crippen LogP contribution < -0.4 is 4.90 Å². The van der Waals surface area contributed by atoms with Crippen LogP contribution in [-0.4, -0.2) is 0 Å². The Morgan fingerprint density at radius 2 is 0.493 bits per heavy atom. The van der Waals surface area contributed by atoms with Crippen molar-refractivity contribution in [2.24, 2.45) is 0 Å². The van der Waals surface area contributed by atoms with Crippen LogP contribution in [-0.2, 0) is 0 Å². The fourth-order valence-electron chi connectivity index (χ4n) is 10.1. The van der Waals surface area contributed by atoms with Crippen LogP contribution in [0.25, 0.3) is 99.8 Å². The second-order valence-corrected chi connectivity index (χ2v) is 18.1. The van der Waals surface area contributed by atoms with Crippen molar-refractivity contribution in [3.8, 4) is 89.0 Å². The van der Waals surface area contributed by atoms with Crippen LogP contribution >= 0.6 is 0 Å². The molecular formula is C70H49N. The van der Waals surface area contributed by atoms with E-state index in [2.05, 4.69) is 302 Å². The van der Waals surface area contributed by atoms with Crippen LogP contribution in [0.2, 0.25) is 0 Å². The summed E-state index contributed by atoms with van der Waals surface area (Å²) in [4.78, 5) is 2.42. The second kappa shape index (κ2) is 19.4. The van der Waals surface area contributed by atoms with Crippen molar-refractivity contribution in [1.29, 1.82) is 0 Å². The van der Waals surface area contributed by atoms with E-state index in [0.29, 0.717) is 0 Å². The summed E-state index contributed by atoms with van der Waals surface area (Å²) < 4.78 is 0. The van der Waals surface area contributed by atoms with Crippen molar-refractivity contribution < 1.29 is 0 Å². The third-order valence-corrected chi connectivity index (χ3v) is 13.7. The van der Waals surface area contributed by atoms with E-state index >= 15 is 0 Å². The van der Waals surface area contributed by atoms with Crippen LogP contribution in [0.3, 0.4) is 0 Å². The highest BCUT2D eigenvalue weighted by molar-refractivity contribution is 5.97. The van der Waals surface area contributed by atoms with Crippen molar-refractivity contribution in [2.45, 2.75) is 0 Å². The molecule has 0 unspecified atom stereocenters. The molecule has 1 nitrogen and oxygen atoms in total. The van der Waals surface area contributed by atoms with E-state index in [4.69, 9.17) is 0 Å². The van der Waals surface area contributed by atoms with Crippen molar-refractivity contribution in [1.82, 2.24) is 0 Å². The molecule has 12 rings (SSSR count). The lowest BCUT2D eigenvalue weighted by Gasteiger charge is -2.29. The molecule has 1 heteroatoms. The van der Waals surface area contributed by atoms with Crippen molar-refractivity contribution in [2.75, 3.05) is 4.90 Å². The van der Waals surface area contributed by atoms with E-state index in [1.54, 1.807) is 0 Å². The quantitative estimate of drug-likeness (QED) is 0.125. The normalized spacial score (nSPS) is 11.1. The molecule has 0 spiro atoms.